The highest BCUT2D eigenvalue weighted by atomic mass is 16.6. The Balaban J connectivity index is 1.81. The molecule has 0 bridgehead atoms. The third kappa shape index (κ3) is 10.5. The maximum atomic E-state index is 10.3. The van der Waals surface area contributed by atoms with Crippen LogP contribution in [0.3, 0.4) is 0 Å². The van der Waals surface area contributed by atoms with Crippen LogP contribution in [0.1, 0.15) is 84.0 Å². The molecule has 1 fully saturated rings. The van der Waals surface area contributed by atoms with Crippen LogP contribution in [0.4, 0.5) is 0 Å². The molecule has 0 amide bonds. The molecule has 122 valence electrons. The highest BCUT2D eigenvalue weighted by molar-refractivity contribution is 5.79. The lowest BCUT2D eigenvalue weighted by Crippen LogP contribution is -1.94. The Morgan fingerprint density at radius 2 is 1.52 bits per heavy atom. The molecule has 1 heterocycles. The van der Waals surface area contributed by atoms with Crippen molar-refractivity contribution in [1.82, 2.24) is 0 Å². The van der Waals surface area contributed by atoms with Gasteiger partial charge in [-0.1, -0.05) is 64.4 Å². The fourth-order valence-corrected chi connectivity index (χ4v) is 2.78. The predicted molar refractivity (Wildman–Crippen MR) is 86.5 cm³/mol. The zero-order chi connectivity index (χ0) is 15.3. The molecule has 21 heavy (non-hydrogen) atoms. The molecule has 0 radical (unpaired) electrons. The first-order chi connectivity index (χ1) is 10.2. The van der Waals surface area contributed by atoms with Gasteiger partial charge < -0.3 is 9.84 Å². The standard InChI is InChI=1S/C18H32O3/c1-2-3-4-5-7-10-13-16-17(21-16)14-11-8-6-9-12-15-18(19)20/h12,15-17H,2-11,13-14H2,1H3,(H,19,20)/t16?,17-/m1/s1. The van der Waals surface area contributed by atoms with Crippen LogP contribution in [0.5, 0.6) is 0 Å². The SMILES string of the molecule is CCCCCCCCC1O[C@@H]1CCCCCC=CC(=O)O. The minimum absolute atomic E-state index is 0.523. The van der Waals surface area contributed by atoms with Gasteiger partial charge in [0.05, 0.1) is 12.2 Å². The van der Waals surface area contributed by atoms with Gasteiger partial charge in [-0.2, -0.15) is 0 Å². The Bertz CT molecular complexity index is 299. The minimum atomic E-state index is -0.848. The summed E-state index contributed by atoms with van der Waals surface area (Å²) < 4.78 is 5.71. The summed E-state index contributed by atoms with van der Waals surface area (Å²) in [5, 5.41) is 8.45. The van der Waals surface area contributed by atoms with Crippen molar-refractivity contribution in [2.75, 3.05) is 0 Å². The molecule has 1 unspecified atom stereocenters. The third-order valence-corrected chi connectivity index (χ3v) is 4.15. The van der Waals surface area contributed by atoms with Gasteiger partial charge in [0.2, 0.25) is 0 Å². The van der Waals surface area contributed by atoms with E-state index in [-0.39, 0.29) is 0 Å². The van der Waals surface area contributed by atoms with E-state index in [2.05, 4.69) is 6.92 Å². The summed E-state index contributed by atoms with van der Waals surface area (Å²) >= 11 is 0. The zero-order valence-corrected chi connectivity index (χ0v) is 13.6. The van der Waals surface area contributed by atoms with Gasteiger partial charge in [0.25, 0.3) is 0 Å². The quantitative estimate of drug-likeness (QED) is 0.276. The average molecular weight is 296 g/mol. The molecule has 0 spiro atoms. The van der Waals surface area contributed by atoms with Crippen molar-refractivity contribution < 1.29 is 14.6 Å². The van der Waals surface area contributed by atoms with Crippen molar-refractivity contribution in [2.24, 2.45) is 0 Å². The molecular formula is C18H32O3. The number of carboxylic acid groups (broad SMARTS) is 1. The normalized spacial score (nSPS) is 21.0. The molecular weight excluding hydrogens is 264 g/mol. The molecule has 0 saturated carbocycles. The Hall–Kier alpha value is -0.830. The highest BCUT2D eigenvalue weighted by Crippen LogP contribution is 2.31. The minimum Gasteiger partial charge on any atom is -0.478 e. The van der Waals surface area contributed by atoms with Crippen LogP contribution in [0.25, 0.3) is 0 Å². The van der Waals surface area contributed by atoms with Crippen molar-refractivity contribution >= 4 is 5.97 Å². The fourth-order valence-electron chi connectivity index (χ4n) is 2.78. The number of carboxylic acids is 1. The van der Waals surface area contributed by atoms with Gasteiger partial charge in [0.1, 0.15) is 0 Å². The van der Waals surface area contributed by atoms with E-state index < -0.39 is 5.97 Å². The number of ether oxygens (including phenoxy) is 1. The van der Waals surface area contributed by atoms with Crippen LogP contribution in [0.15, 0.2) is 12.2 Å². The van der Waals surface area contributed by atoms with E-state index in [9.17, 15) is 4.79 Å². The monoisotopic (exact) mass is 296 g/mol. The number of allylic oxidation sites excluding steroid dienone is 1. The third-order valence-electron chi connectivity index (χ3n) is 4.15. The van der Waals surface area contributed by atoms with Crippen molar-refractivity contribution in [1.29, 1.82) is 0 Å². The van der Waals surface area contributed by atoms with Crippen molar-refractivity contribution in [2.45, 2.75) is 96.2 Å². The summed E-state index contributed by atoms with van der Waals surface area (Å²) in [4.78, 5) is 10.3. The Kier molecular flexibility index (Phi) is 10.2. The van der Waals surface area contributed by atoms with E-state index in [1.54, 1.807) is 6.08 Å². The summed E-state index contributed by atoms with van der Waals surface area (Å²) in [6.45, 7) is 2.26. The summed E-state index contributed by atoms with van der Waals surface area (Å²) in [5.74, 6) is -0.848. The first-order valence-corrected chi connectivity index (χ1v) is 8.79. The van der Waals surface area contributed by atoms with Gasteiger partial charge in [-0.3, -0.25) is 0 Å². The van der Waals surface area contributed by atoms with Crippen LogP contribution in [0.2, 0.25) is 0 Å². The van der Waals surface area contributed by atoms with Gasteiger partial charge in [-0.15, -0.1) is 0 Å². The Labute approximate surface area is 129 Å². The predicted octanol–water partition coefficient (Wildman–Crippen LogP) is 5.10. The van der Waals surface area contributed by atoms with Crippen molar-refractivity contribution in [3.8, 4) is 0 Å². The summed E-state index contributed by atoms with van der Waals surface area (Å²) in [6, 6.07) is 0. The first-order valence-electron chi connectivity index (χ1n) is 8.79. The number of aliphatic carboxylic acids is 1. The van der Waals surface area contributed by atoms with Crippen LogP contribution in [-0.2, 0) is 9.53 Å². The molecule has 2 atom stereocenters. The second-order valence-corrected chi connectivity index (χ2v) is 6.15. The lowest BCUT2D eigenvalue weighted by Gasteiger charge is -1.99. The number of unbranched alkanes of at least 4 members (excludes halogenated alkanes) is 8. The molecule has 3 nitrogen and oxygen atoms in total. The van der Waals surface area contributed by atoms with Gasteiger partial charge in [0.15, 0.2) is 0 Å². The summed E-state index contributed by atoms with van der Waals surface area (Å²) in [7, 11) is 0. The van der Waals surface area contributed by atoms with Gasteiger partial charge in [-0.05, 0) is 25.7 Å². The average Bonchev–Trinajstić information content (AvgIpc) is 3.20. The smallest absolute Gasteiger partial charge is 0.327 e. The number of carbonyl (C=O) groups is 1. The largest absolute Gasteiger partial charge is 0.478 e. The lowest BCUT2D eigenvalue weighted by molar-refractivity contribution is -0.131. The van der Waals surface area contributed by atoms with E-state index in [0.29, 0.717) is 12.2 Å². The van der Waals surface area contributed by atoms with Crippen LogP contribution < -0.4 is 0 Å². The fraction of sp³-hybridized carbons (Fsp3) is 0.833. The second kappa shape index (κ2) is 11.8. The van der Waals surface area contributed by atoms with Crippen LogP contribution in [0, 0.1) is 0 Å². The Morgan fingerprint density at radius 3 is 2.14 bits per heavy atom. The molecule has 1 N–H and O–H groups in total. The second-order valence-electron chi connectivity index (χ2n) is 6.15. The van der Waals surface area contributed by atoms with Gasteiger partial charge >= 0.3 is 5.97 Å². The molecule has 0 aromatic carbocycles. The van der Waals surface area contributed by atoms with E-state index in [4.69, 9.17) is 9.84 Å². The van der Waals surface area contributed by atoms with E-state index in [1.165, 1.54) is 70.3 Å². The maximum Gasteiger partial charge on any atom is 0.327 e. The molecule has 1 aliphatic rings. The van der Waals surface area contributed by atoms with Crippen LogP contribution >= 0.6 is 0 Å². The number of hydrogen-bond donors (Lipinski definition) is 1. The van der Waals surface area contributed by atoms with E-state index >= 15 is 0 Å². The Morgan fingerprint density at radius 1 is 0.952 bits per heavy atom. The molecule has 1 rings (SSSR count). The van der Waals surface area contributed by atoms with Crippen molar-refractivity contribution in [3.63, 3.8) is 0 Å². The van der Waals surface area contributed by atoms with E-state index in [1.807, 2.05) is 0 Å². The summed E-state index contributed by atoms with van der Waals surface area (Å²) in [5.41, 5.74) is 0. The highest BCUT2D eigenvalue weighted by Gasteiger charge is 2.36. The van der Waals surface area contributed by atoms with E-state index in [0.717, 1.165) is 12.8 Å². The van der Waals surface area contributed by atoms with Crippen LogP contribution in [-0.4, -0.2) is 23.3 Å². The van der Waals surface area contributed by atoms with Crippen molar-refractivity contribution in [3.05, 3.63) is 12.2 Å². The summed E-state index contributed by atoms with van der Waals surface area (Å²) in [6.07, 6.45) is 19.0. The van der Waals surface area contributed by atoms with Gasteiger partial charge in [-0.25, -0.2) is 4.79 Å². The molecule has 3 heteroatoms. The molecule has 0 aliphatic carbocycles. The van der Waals surface area contributed by atoms with Gasteiger partial charge in [0, 0.05) is 6.08 Å². The zero-order valence-electron chi connectivity index (χ0n) is 13.6. The number of epoxide rings is 1. The lowest BCUT2D eigenvalue weighted by atomic mass is 10.0. The molecule has 1 aliphatic heterocycles. The molecule has 1 saturated heterocycles. The topological polar surface area (TPSA) is 49.8 Å². The molecule has 0 aromatic rings. The first kappa shape index (κ1) is 18.2. The number of rotatable bonds is 14. The molecule has 0 aromatic heterocycles. The maximum absolute atomic E-state index is 10.3. The number of hydrogen-bond acceptors (Lipinski definition) is 2.